The van der Waals surface area contributed by atoms with Crippen molar-refractivity contribution in [1.82, 2.24) is 5.32 Å². The average molecular weight is 272 g/mol. The van der Waals surface area contributed by atoms with Crippen LogP contribution < -0.4 is 10.6 Å². The molecule has 1 unspecified atom stereocenters. The first-order valence-corrected chi connectivity index (χ1v) is 5.54. The monoisotopic (exact) mass is 272 g/mol. The van der Waals surface area contributed by atoms with E-state index in [2.05, 4.69) is 10.6 Å². The van der Waals surface area contributed by atoms with Gasteiger partial charge >= 0.3 is 12.0 Å². The molecule has 0 saturated heterocycles. The summed E-state index contributed by atoms with van der Waals surface area (Å²) in [6.07, 6.45) is 0. The number of amides is 2. The number of benzene rings is 1. The van der Waals surface area contributed by atoms with Crippen LogP contribution in [0.2, 0.25) is 0 Å². The predicted octanol–water partition coefficient (Wildman–Crippen LogP) is 2.12. The molecule has 7 heteroatoms. The molecule has 0 spiro atoms. The molecule has 1 aromatic carbocycles. The SMILES string of the molecule is Cc1cc(F)c(NC(=O)NCC(C)C(=O)O)cc1F. The smallest absolute Gasteiger partial charge is 0.319 e. The van der Waals surface area contributed by atoms with Gasteiger partial charge in [0.15, 0.2) is 0 Å². The molecule has 0 aliphatic carbocycles. The Morgan fingerprint density at radius 3 is 2.53 bits per heavy atom. The van der Waals surface area contributed by atoms with Crippen molar-refractivity contribution in [3.05, 3.63) is 29.3 Å². The summed E-state index contributed by atoms with van der Waals surface area (Å²) in [5, 5.41) is 13.0. The first-order chi connectivity index (χ1) is 8.81. The lowest BCUT2D eigenvalue weighted by atomic mass is 10.2. The fraction of sp³-hybridized carbons (Fsp3) is 0.333. The van der Waals surface area contributed by atoms with Crippen LogP contribution in [0.1, 0.15) is 12.5 Å². The predicted molar refractivity (Wildman–Crippen MR) is 64.9 cm³/mol. The lowest BCUT2D eigenvalue weighted by molar-refractivity contribution is -0.140. The minimum Gasteiger partial charge on any atom is -0.481 e. The zero-order chi connectivity index (χ0) is 14.6. The number of urea groups is 1. The number of carboxylic acid groups (broad SMARTS) is 1. The average Bonchev–Trinajstić information content (AvgIpc) is 2.32. The van der Waals surface area contributed by atoms with E-state index in [0.29, 0.717) is 0 Å². The second-order valence-electron chi connectivity index (χ2n) is 4.16. The van der Waals surface area contributed by atoms with Crippen molar-refractivity contribution >= 4 is 17.7 Å². The number of carboxylic acids is 1. The summed E-state index contributed by atoms with van der Waals surface area (Å²) >= 11 is 0. The Balaban J connectivity index is 2.62. The minimum absolute atomic E-state index is 0.114. The fourth-order valence-corrected chi connectivity index (χ4v) is 1.24. The van der Waals surface area contributed by atoms with Crippen molar-refractivity contribution in [3.63, 3.8) is 0 Å². The van der Waals surface area contributed by atoms with E-state index in [1.54, 1.807) is 0 Å². The van der Waals surface area contributed by atoms with Crippen LogP contribution in [-0.2, 0) is 4.79 Å². The molecule has 0 fully saturated rings. The zero-order valence-corrected chi connectivity index (χ0v) is 10.5. The Kier molecular flexibility index (Phi) is 4.80. The van der Waals surface area contributed by atoms with E-state index >= 15 is 0 Å². The highest BCUT2D eigenvalue weighted by Crippen LogP contribution is 2.18. The molecule has 19 heavy (non-hydrogen) atoms. The number of halogens is 2. The second kappa shape index (κ2) is 6.12. The Morgan fingerprint density at radius 2 is 1.95 bits per heavy atom. The number of aryl methyl sites for hydroxylation is 1. The third-order valence-corrected chi connectivity index (χ3v) is 2.49. The molecule has 0 saturated carbocycles. The van der Waals surface area contributed by atoms with Crippen LogP contribution in [0.5, 0.6) is 0 Å². The number of rotatable bonds is 4. The van der Waals surface area contributed by atoms with Crippen LogP contribution in [-0.4, -0.2) is 23.7 Å². The molecule has 1 atom stereocenters. The number of nitrogens with one attached hydrogen (secondary N) is 2. The highest BCUT2D eigenvalue weighted by molar-refractivity contribution is 5.89. The van der Waals surface area contributed by atoms with Crippen LogP contribution in [0.3, 0.4) is 0 Å². The Labute approximate surface area is 108 Å². The van der Waals surface area contributed by atoms with Crippen molar-refractivity contribution in [3.8, 4) is 0 Å². The van der Waals surface area contributed by atoms with Gasteiger partial charge in [0.1, 0.15) is 11.6 Å². The molecular weight excluding hydrogens is 258 g/mol. The van der Waals surface area contributed by atoms with Crippen molar-refractivity contribution < 1.29 is 23.5 Å². The Bertz CT molecular complexity index is 506. The fourth-order valence-electron chi connectivity index (χ4n) is 1.24. The highest BCUT2D eigenvalue weighted by Gasteiger charge is 2.14. The van der Waals surface area contributed by atoms with Gasteiger partial charge in [-0.15, -0.1) is 0 Å². The van der Waals surface area contributed by atoms with Crippen LogP contribution in [0.4, 0.5) is 19.3 Å². The molecule has 0 radical (unpaired) electrons. The maximum Gasteiger partial charge on any atom is 0.319 e. The van der Waals surface area contributed by atoms with Crippen molar-refractivity contribution in [1.29, 1.82) is 0 Å². The molecule has 1 aromatic rings. The molecule has 0 aliphatic rings. The van der Waals surface area contributed by atoms with Gasteiger partial charge in [0.2, 0.25) is 0 Å². The van der Waals surface area contributed by atoms with Gasteiger partial charge in [0.25, 0.3) is 0 Å². The molecule has 2 amide bonds. The maximum atomic E-state index is 13.4. The number of carbonyl (C=O) groups is 2. The van der Waals surface area contributed by atoms with Crippen LogP contribution in [0.25, 0.3) is 0 Å². The van der Waals surface area contributed by atoms with Gasteiger partial charge in [-0.1, -0.05) is 6.92 Å². The largest absolute Gasteiger partial charge is 0.481 e. The van der Waals surface area contributed by atoms with Crippen molar-refractivity contribution in [2.45, 2.75) is 13.8 Å². The molecule has 1 rings (SSSR count). The van der Waals surface area contributed by atoms with E-state index in [4.69, 9.17) is 5.11 Å². The molecule has 0 aromatic heterocycles. The summed E-state index contributed by atoms with van der Waals surface area (Å²) in [6.45, 7) is 2.70. The topological polar surface area (TPSA) is 78.4 Å². The Hall–Kier alpha value is -2.18. The van der Waals surface area contributed by atoms with Gasteiger partial charge in [-0.05, 0) is 18.6 Å². The first-order valence-electron chi connectivity index (χ1n) is 5.54. The van der Waals surface area contributed by atoms with E-state index in [-0.39, 0.29) is 17.8 Å². The van der Waals surface area contributed by atoms with Crippen molar-refractivity contribution in [2.75, 3.05) is 11.9 Å². The summed E-state index contributed by atoms with van der Waals surface area (Å²) in [7, 11) is 0. The molecule has 5 nitrogen and oxygen atoms in total. The summed E-state index contributed by atoms with van der Waals surface area (Å²) in [4.78, 5) is 21.9. The zero-order valence-electron chi connectivity index (χ0n) is 10.5. The van der Waals surface area contributed by atoms with Gasteiger partial charge in [-0.25, -0.2) is 13.6 Å². The third kappa shape index (κ3) is 4.20. The standard InChI is InChI=1S/C12H14F2N2O3/c1-6-3-9(14)10(4-8(6)13)16-12(19)15-5-7(2)11(17)18/h3-4,7H,5H2,1-2H3,(H,17,18)(H2,15,16,19). The number of aliphatic carboxylic acids is 1. The van der Waals surface area contributed by atoms with E-state index < -0.39 is 29.6 Å². The third-order valence-electron chi connectivity index (χ3n) is 2.49. The van der Waals surface area contributed by atoms with E-state index in [9.17, 15) is 18.4 Å². The van der Waals surface area contributed by atoms with E-state index in [0.717, 1.165) is 12.1 Å². The normalized spacial score (nSPS) is 11.8. The molecule has 0 bridgehead atoms. The molecule has 0 heterocycles. The maximum absolute atomic E-state index is 13.4. The molecule has 3 N–H and O–H groups in total. The minimum atomic E-state index is -1.06. The number of hydrogen-bond acceptors (Lipinski definition) is 2. The van der Waals surface area contributed by atoms with Crippen LogP contribution in [0, 0.1) is 24.5 Å². The number of hydrogen-bond donors (Lipinski definition) is 3. The van der Waals surface area contributed by atoms with E-state index in [1.807, 2.05) is 0 Å². The summed E-state index contributed by atoms with van der Waals surface area (Å²) in [6, 6.07) is 1.03. The number of anilines is 1. The highest BCUT2D eigenvalue weighted by atomic mass is 19.1. The summed E-state index contributed by atoms with van der Waals surface area (Å²) in [5.74, 6) is -3.24. The van der Waals surface area contributed by atoms with Crippen LogP contribution >= 0.6 is 0 Å². The van der Waals surface area contributed by atoms with Gasteiger partial charge in [0.05, 0.1) is 11.6 Å². The number of carbonyl (C=O) groups excluding carboxylic acids is 1. The van der Waals surface area contributed by atoms with Gasteiger partial charge in [0, 0.05) is 12.6 Å². The van der Waals surface area contributed by atoms with Gasteiger partial charge in [-0.2, -0.15) is 0 Å². The summed E-state index contributed by atoms with van der Waals surface area (Å²) in [5.41, 5.74) is -0.175. The van der Waals surface area contributed by atoms with Gasteiger partial charge in [-0.3, -0.25) is 4.79 Å². The van der Waals surface area contributed by atoms with Crippen LogP contribution in [0.15, 0.2) is 12.1 Å². The molecule has 0 aliphatic heterocycles. The Morgan fingerprint density at radius 1 is 1.32 bits per heavy atom. The molecule has 104 valence electrons. The first kappa shape index (κ1) is 14.9. The second-order valence-corrected chi connectivity index (χ2v) is 4.16. The van der Waals surface area contributed by atoms with Gasteiger partial charge < -0.3 is 15.7 Å². The molecular formula is C12H14F2N2O3. The van der Waals surface area contributed by atoms with Crippen molar-refractivity contribution in [2.24, 2.45) is 5.92 Å². The van der Waals surface area contributed by atoms with E-state index in [1.165, 1.54) is 13.8 Å². The summed E-state index contributed by atoms with van der Waals surface area (Å²) < 4.78 is 26.6. The lowest BCUT2D eigenvalue weighted by Crippen LogP contribution is -2.34. The quantitative estimate of drug-likeness (QED) is 0.785. The lowest BCUT2D eigenvalue weighted by Gasteiger charge is -2.11.